The van der Waals surface area contributed by atoms with Gasteiger partial charge in [-0.1, -0.05) is 11.6 Å². The van der Waals surface area contributed by atoms with Gasteiger partial charge in [0.2, 0.25) is 5.03 Å². The molecule has 12 heteroatoms. The highest BCUT2D eigenvalue weighted by Crippen LogP contribution is 2.34. The molecule has 1 aliphatic rings. The Labute approximate surface area is 224 Å². The Morgan fingerprint density at radius 2 is 2.03 bits per heavy atom. The molecule has 1 saturated heterocycles. The van der Waals surface area contributed by atoms with Gasteiger partial charge in [0.1, 0.15) is 28.8 Å². The molecule has 0 aliphatic carbocycles. The molecular weight excluding hydrogens is 532 g/mol. The number of fused-ring (bicyclic) bond motifs is 1. The molecule has 0 radical (unpaired) electrons. The van der Waals surface area contributed by atoms with E-state index in [0.29, 0.717) is 40.0 Å². The smallest absolute Gasteiger partial charge is 0.259 e. The van der Waals surface area contributed by atoms with Gasteiger partial charge in [-0.2, -0.15) is 5.10 Å². The summed E-state index contributed by atoms with van der Waals surface area (Å²) in [5, 5.41) is 9.65. The molecule has 38 heavy (non-hydrogen) atoms. The fourth-order valence-electron chi connectivity index (χ4n) is 4.64. The maximum Gasteiger partial charge on any atom is 0.259 e. The highest BCUT2D eigenvalue weighted by atomic mass is 35.5. The SMILES string of the molecule is Cc1cc([C@@H](C)Oc2ccc(Cl)nc2S(N)(=O)=O)c2oc(-c3cnn(C4CCCCO4)c3)c(C)c(=O)c2c1. The summed E-state index contributed by atoms with van der Waals surface area (Å²) in [6.07, 6.45) is 5.52. The number of ether oxygens (including phenoxy) is 2. The number of aryl methyl sites for hydroxylation is 1. The average molecular weight is 559 g/mol. The first-order chi connectivity index (χ1) is 18.0. The standard InChI is InChI=1S/C26H27ClN4O6S/c1-14-10-18(16(3)36-20-7-8-21(27)30-26(20)38(28,33)34)25-19(11-14)23(32)15(2)24(37-25)17-12-29-31(13-17)22-6-4-5-9-35-22/h7-8,10-13,16,22H,4-6,9H2,1-3H3,(H2,28,33,34)/t16-,22?/m1/s1. The fraction of sp³-hybridized carbons (Fsp3) is 0.346. The number of aromatic nitrogens is 3. The zero-order valence-electron chi connectivity index (χ0n) is 21.1. The summed E-state index contributed by atoms with van der Waals surface area (Å²) >= 11 is 5.88. The number of nitrogens with zero attached hydrogens (tertiary/aromatic N) is 3. The van der Waals surface area contributed by atoms with Gasteiger partial charge < -0.3 is 13.9 Å². The van der Waals surface area contributed by atoms with Gasteiger partial charge in [-0.15, -0.1) is 0 Å². The molecule has 3 aromatic heterocycles. The topological polar surface area (TPSA) is 140 Å². The van der Waals surface area contributed by atoms with Gasteiger partial charge in [-0.05, 0) is 69.9 Å². The van der Waals surface area contributed by atoms with Crippen LogP contribution in [0.2, 0.25) is 5.15 Å². The maximum absolute atomic E-state index is 13.5. The molecule has 4 heterocycles. The molecule has 1 aliphatic heterocycles. The van der Waals surface area contributed by atoms with Crippen molar-refractivity contribution in [2.75, 3.05) is 6.61 Å². The van der Waals surface area contributed by atoms with Crippen molar-refractivity contribution < 1.29 is 22.3 Å². The van der Waals surface area contributed by atoms with Gasteiger partial charge in [0, 0.05) is 23.9 Å². The van der Waals surface area contributed by atoms with Crippen LogP contribution in [-0.2, 0) is 14.8 Å². The van der Waals surface area contributed by atoms with Crippen LogP contribution < -0.4 is 15.3 Å². The third-order valence-electron chi connectivity index (χ3n) is 6.51. The van der Waals surface area contributed by atoms with E-state index in [0.717, 1.165) is 24.8 Å². The number of halogens is 1. The van der Waals surface area contributed by atoms with Crippen molar-refractivity contribution in [3.8, 4) is 17.1 Å². The second-order valence-corrected chi connectivity index (χ2v) is 11.3. The van der Waals surface area contributed by atoms with Gasteiger partial charge in [0.25, 0.3) is 10.0 Å². The highest BCUT2D eigenvalue weighted by Gasteiger charge is 2.24. The predicted molar refractivity (Wildman–Crippen MR) is 142 cm³/mol. The van der Waals surface area contributed by atoms with Crippen LogP contribution in [0, 0.1) is 13.8 Å². The van der Waals surface area contributed by atoms with Gasteiger partial charge in [0.15, 0.2) is 11.2 Å². The van der Waals surface area contributed by atoms with Crippen LogP contribution in [0.5, 0.6) is 5.75 Å². The summed E-state index contributed by atoms with van der Waals surface area (Å²) in [6.45, 7) is 5.97. The summed E-state index contributed by atoms with van der Waals surface area (Å²) in [5.74, 6) is 0.322. The molecular formula is C26H27ClN4O6S. The summed E-state index contributed by atoms with van der Waals surface area (Å²) in [5.41, 5.74) is 2.61. The Bertz CT molecular complexity index is 1690. The van der Waals surface area contributed by atoms with Crippen LogP contribution in [-0.4, -0.2) is 29.8 Å². The molecule has 200 valence electrons. The molecule has 4 aromatic rings. The minimum atomic E-state index is -4.21. The molecule has 1 aromatic carbocycles. The quantitative estimate of drug-likeness (QED) is 0.332. The number of rotatable bonds is 6. The van der Waals surface area contributed by atoms with Crippen LogP contribution in [0.4, 0.5) is 0 Å². The lowest BCUT2D eigenvalue weighted by molar-refractivity contribution is -0.0394. The zero-order chi connectivity index (χ0) is 27.2. The van der Waals surface area contributed by atoms with Crippen LogP contribution in [0.25, 0.3) is 22.3 Å². The van der Waals surface area contributed by atoms with E-state index in [-0.39, 0.29) is 22.6 Å². The van der Waals surface area contributed by atoms with Crippen molar-refractivity contribution in [2.45, 2.75) is 57.4 Å². The fourth-order valence-corrected chi connectivity index (χ4v) is 5.46. The summed E-state index contributed by atoms with van der Waals surface area (Å²) in [7, 11) is -4.21. The Kier molecular flexibility index (Phi) is 7.03. The predicted octanol–water partition coefficient (Wildman–Crippen LogP) is 4.81. The van der Waals surface area contributed by atoms with E-state index >= 15 is 0 Å². The number of pyridine rings is 1. The number of benzene rings is 1. The molecule has 2 N–H and O–H groups in total. The Hall–Kier alpha value is -3.25. The molecule has 2 atom stereocenters. The van der Waals surface area contributed by atoms with Gasteiger partial charge in [-0.25, -0.2) is 23.2 Å². The van der Waals surface area contributed by atoms with Crippen molar-refractivity contribution >= 4 is 32.6 Å². The summed E-state index contributed by atoms with van der Waals surface area (Å²) in [4.78, 5) is 17.3. The Morgan fingerprint density at radius 3 is 2.74 bits per heavy atom. The van der Waals surface area contributed by atoms with Crippen molar-refractivity contribution in [3.05, 3.63) is 68.7 Å². The first-order valence-electron chi connectivity index (χ1n) is 12.1. The van der Waals surface area contributed by atoms with E-state index in [9.17, 15) is 13.2 Å². The molecule has 0 amide bonds. The van der Waals surface area contributed by atoms with Gasteiger partial charge in [-0.3, -0.25) is 4.79 Å². The van der Waals surface area contributed by atoms with Crippen LogP contribution >= 0.6 is 11.6 Å². The van der Waals surface area contributed by atoms with Crippen molar-refractivity contribution in [2.24, 2.45) is 5.14 Å². The Balaban J connectivity index is 1.60. The minimum absolute atomic E-state index is 0.0414. The lowest BCUT2D eigenvalue weighted by Crippen LogP contribution is -2.18. The van der Waals surface area contributed by atoms with Crippen LogP contribution in [0.1, 0.15) is 55.2 Å². The first-order valence-corrected chi connectivity index (χ1v) is 14.1. The minimum Gasteiger partial charge on any atom is -0.483 e. The second-order valence-electron chi connectivity index (χ2n) is 9.39. The normalized spacial score (nSPS) is 17.0. The summed E-state index contributed by atoms with van der Waals surface area (Å²) < 4.78 is 44.1. The molecule has 1 fully saturated rings. The number of nitrogens with two attached hydrogens (primary N) is 1. The van der Waals surface area contributed by atoms with E-state index in [1.165, 1.54) is 12.1 Å². The summed E-state index contributed by atoms with van der Waals surface area (Å²) in [6, 6.07) is 6.38. The average Bonchev–Trinajstić information content (AvgIpc) is 3.37. The largest absolute Gasteiger partial charge is 0.483 e. The third kappa shape index (κ3) is 5.06. The highest BCUT2D eigenvalue weighted by molar-refractivity contribution is 7.89. The molecule has 5 rings (SSSR count). The van der Waals surface area contributed by atoms with E-state index in [2.05, 4.69) is 10.1 Å². The molecule has 0 spiro atoms. The molecule has 0 bridgehead atoms. The van der Waals surface area contributed by atoms with E-state index < -0.39 is 21.2 Å². The second kappa shape index (κ2) is 10.1. The molecule has 10 nitrogen and oxygen atoms in total. The lowest BCUT2D eigenvalue weighted by atomic mass is 10.0. The van der Waals surface area contributed by atoms with Crippen molar-refractivity contribution in [1.29, 1.82) is 0 Å². The number of hydrogen-bond donors (Lipinski definition) is 1. The number of hydrogen-bond acceptors (Lipinski definition) is 8. The Morgan fingerprint density at radius 1 is 1.24 bits per heavy atom. The number of sulfonamides is 1. The number of primary sulfonamides is 1. The van der Waals surface area contributed by atoms with Crippen LogP contribution in [0.3, 0.4) is 0 Å². The molecule has 0 saturated carbocycles. The van der Waals surface area contributed by atoms with E-state index in [1.54, 1.807) is 30.8 Å². The zero-order valence-corrected chi connectivity index (χ0v) is 22.7. The van der Waals surface area contributed by atoms with Gasteiger partial charge >= 0.3 is 0 Å². The van der Waals surface area contributed by atoms with Crippen LogP contribution in [0.15, 0.2) is 50.9 Å². The maximum atomic E-state index is 13.5. The van der Waals surface area contributed by atoms with E-state index in [1.807, 2.05) is 19.2 Å². The monoisotopic (exact) mass is 558 g/mol. The van der Waals surface area contributed by atoms with Gasteiger partial charge in [0.05, 0.1) is 17.1 Å². The van der Waals surface area contributed by atoms with E-state index in [4.69, 9.17) is 30.6 Å². The lowest BCUT2D eigenvalue weighted by Gasteiger charge is -2.22. The van der Waals surface area contributed by atoms with Crippen molar-refractivity contribution in [3.63, 3.8) is 0 Å². The van der Waals surface area contributed by atoms with Crippen molar-refractivity contribution in [1.82, 2.24) is 14.8 Å². The third-order valence-corrected chi connectivity index (χ3v) is 7.55. The molecule has 1 unspecified atom stereocenters. The first kappa shape index (κ1) is 26.4.